The van der Waals surface area contributed by atoms with Crippen LogP contribution in [-0.4, -0.2) is 22.1 Å². The molecule has 2 unspecified atom stereocenters. The molecular formula is C13H20N4. The minimum atomic E-state index is 0.199. The molecular weight excluding hydrogens is 212 g/mol. The van der Waals surface area contributed by atoms with E-state index in [0.717, 1.165) is 31.6 Å². The van der Waals surface area contributed by atoms with Gasteiger partial charge in [-0.25, -0.2) is 4.98 Å². The van der Waals surface area contributed by atoms with Crippen LogP contribution in [-0.2, 0) is 13.5 Å². The molecule has 0 aliphatic heterocycles. The Morgan fingerprint density at radius 2 is 2.35 bits per heavy atom. The lowest BCUT2D eigenvalue weighted by Crippen LogP contribution is -2.39. The first kappa shape index (κ1) is 12.1. The van der Waals surface area contributed by atoms with E-state index in [4.69, 9.17) is 5.26 Å². The highest BCUT2D eigenvalue weighted by molar-refractivity contribution is 4.96. The molecule has 0 spiro atoms. The second-order valence-corrected chi connectivity index (χ2v) is 4.79. The van der Waals surface area contributed by atoms with E-state index < -0.39 is 0 Å². The Bertz CT molecular complexity index is 390. The Hall–Kier alpha value is -1.34. The molecule has 0 radical (unpaired) electrons. The first-order valence-electron chi connectivity index (χ1n) is 6.40. The quantitative estimate of drug-likeness (QED) is 0.858. The zero-order chi connectivity index (χ0) is 12.1. The fourth-order valence-electron chi connectivity index (χ4n) is 2.54. The number of nitriles is 1. The molecule has 0 saturated heterocycles. The van der Waals surface area contributed by atoms with Crippen LogP contribution in [0.3, 0.4) is 0 Å². The van der Waals surface area contributed by atoms with E-state index >= 15 is 0 Å². The van der Waals surface area contributed by atoms with E-state index in [0.29, 0.717) is 6.04 Å². The normalized spacial score (nSPS) is 24.5. The molecule has 1 fully saturated rings. The van der Waals surface area contributed by atoms with Crippen molar-refractivity contribution < 1.29 is 0 Å². The first-order chi connectivity index (χ1) is 8.31. The van der Waals surface area contributed by atoms with Crippen molar-refractivity contribution in [1.29, 1.82) is 5.26 Å². The highest BCUT2D eigenvalue weighted by atomic mass is 15.0. The second-order valence-electron chi connectivity index (χ2n) is 4.79. The minimum Gasteiger partial charge on any atom is -0.338 e. The van der Waals surface area contributed by atoms with Gasteiger partial charge in [-0.2, -0.15) is 5.26 Å². The van der Waals surface area contributed by atoms with Gasteiger partial charge in [0.05, 0.1) is 12.0 Å². The average Bonchev–Trinajstić information content (AvgIpc) is 2.76. The van der Waals surface area contributed by atoms with Gasteiger partial charge < -0.3 is 9.88 Å². The lowest BCUT2D eigenvalue weighted by molar-refractivity contribution is 0.313. The van der Waals surface area contributed by atoms with E-state index in [2.05, 4.69) is 16.4 Å². The second kappa shape index (κ2) is 5.83. The maximum absolute atomic E-state index is 9.08. The fourth-order valence-corrected chi connectivity index (χ4v) is 2.54. The van der Waals surface area contributed by atoms with Crippen LogP contribution in [0.25, 0.3) is 0 Å². The molecule has 92 valence electrons. The van der Waals surface area contributed by atoms with Crippen LogP contribution in [0.4, 0.5) is 0 Å². The summed E-state index contributed by atoms with van der Waals surface area (Å²) in [6.07, 6.45) is 9.36. The summed E-state index contributed by atoms with van der Waals surface area (Å²) in [5.74, 6) is 1.30. The van der Waals surface area contributed by atoms with Crippen molar-refractivity contribution in [2.24, 2.45) is 13.0 Å². The van der Waals surface area contributed by atoms with Crippen LogP contribution in [0, 0.1) is 17.2 Å². The number of imidazole rings is 1. The average molecular weight is 232 g/mol. The van der Waals surface area contributed by atoms with Crippen LogP contribution < -0.4 is 5.32 Å². The molecule has 1 aliphatic carbocycles. The number of nitrogens with zero attached hydrogens (tertiary/aromatic N) is 3. The lowest BCUT2D eigenvalue weighted by Gasteiger charge is -2.27. The van der Waals surface area contributed by atoms with Crippen molar-refractivity contribution in [3.8, 4) is 6.07 Å². The topological polar surface area (TPSA) is 53.6 Å². The fraction of sp³-hybridized carbons (Fsp3) is 0.692. The maximum atomic E-state index is 9.08. The van der Waals surface area contributed by atoms with Crippen molar-refractivity contribution >= 4 is 0 Å². The number of hydrogen-bond acceptors (Lipinski definition) is 3. The van der Waals surface area contributed by atoms with Gasteiger partial charge in [0.2, 0.25) is 0 Å². The summed E-state index contributed by atoms with van der Waals surface area (Å²) in [7, 11) is 2.01. The Morgan fingerprint density at radius 3 is 3.06 bits per heavy atom. The Balaban J connectivity index is 1.78. The van der Waals surface area contributed by atoms with Gasteiger partial charge in [-0.15, -0.1) is 0 Å². The maximum Gasteiger partial charge on any atom is 0.109 e. The highest BCUT2D eigenvalue weighted by Gasteiger charge is 2.23. The van der Waals surface area contributed by atoms with Crippen LogP contribution >= 0.6 is 0 Å². The molecule has 2 atom stereocenters. The molecule has 17 heavy (non-hydrogen) atoms. The van der Waals surface area contributed by atoms with Gasteiger partial charge in [0.25, 0.3) is 0 Å². The summed E-state index contributed by atoms with van der Waals surface area (Å²) < 4.78 is 2.05. The van der Waals surface area contributed by atoms with E-state index in [9.17, 15) is 0 Å². The van der Waals surface area contributed by atoms with Gasteiger partial charge in [0.1, 0.15) is 5.82 Å². The van der Waals surface area contributed by atoms with Crippen molar-refractivity contribution in [2.45, 2.75) is 38.1 Å². The predicted octanol–water partition coefficient (Wildman–Crippen LogP) is 1.63. The molecule has 2 rings (SSSR count). The Labute approximate surface area is 103 Å². The van der Waals surface area contributed by atoms with Crippen LogP contribution in [0.15, 0.2) is 12.4 Å². The molecule has 4 heteroatoms. The molecule has 0 aromatic carbocycles. The summed E-state index contributed by atoms with van der Waals surface area (Å²) in [5.41, 5.74) is 0. The van der Waals surface area contributed by atoms with Crippen LogP contribution in [0.2, 0.25) is 0 Å². The zero-order valence-electron chi connectivity index (χ0n) is 10.4. The molecule has 0 amide bonds. The monoisotopic (exact) mass is 232 g/mol. The van der Waals surface area contributed by atoms with E-state index in [1.54, 1.807) is 0 Å². The van der Waals surface area contributed by atoms with Crippen molar-refractivity contribution in [1.82, 2.24) is 14.9 Å². The van der Waals surface area contributed by atoms with Gasteiger partial charge in [0.15, 0.2) is 0 Å². The SMILES string of the molecule is Cn1ccnc1CCNC1CCCCC1C#N. The zero-order valence-corrected chi connectivity index (χ0v) is 10.4. The third kappa shape index (κ3) is 3.07. The standard InChI is InChI=1S/C13H20N4/c1-17-9-8-16-13(17)6-7-15-12-5-3-2-4-11(12)10-14/h8-9,11-12,15H,2-7H2,1H3. The summed E-state index contributed by atoms with van der Waals surface area (Å²) in [6, 6.07) is 2.81. The summed E-state index contributed by atoms with van der Waals surface area (Å²) in [4.78, 5) is 4.30. The largest absolute Gasteiger partial charge is 0.338 e. The Morgan fingerprint density at radius 1 is 1.53 bits per heavy atom. The van der Waals surface area contributed by atoms with Crippen molar-refractivity contribution in [3.05, 3.63) is 18.2 Å². The van der Waals surface area contributed by atoms with Crippen LogP contribution in [0.1, 0.15) is 31.5 Å². The van der Waals surface area contributed by atoms with Gasteiger partial charge in [-0.1, -0.05) is 12.8 Å². The highest BCUT2D eigenvalue weighted by Crippen LogP contribution is 2.23. The van der Waals surface area contributed by atoms with Gasteiger partial charge in [0, 0.05) is 38.4 Å². The minimum absolute atomic E-state index is 0.199. The molecule has 1 heterocycles. The molecule has 1 aromatic rings. The lowest BCUT2D eigenvalue weighted by atomic mass is 9.85. The molecule has 1 aromatic heterocycles. The van der Waals surface area contributed by atoms with Crippen LogP contribution in [0.5, 0.6) is 0 Å². The van der Waals surface area contributed by atoms with Crippen molar-refractivity contribution in [3.63, 3.8) is 0 Å². The van der Waals surface area contributed by atoms with Gasteiger partial charge >= 0.3 is 0 Å². The van der Waals surface area contributed by atoms with Crippen molar-refractivity contribution in [2.75, 3.05) is 6.54 Å². The number of aryl methyl sites for hydroxylation is 1. The summed E-state index contributed by atoms with van der Waals surface area (Å²) >= 11 is 0. The smallest absolute Gasteiger partial charge is 0.109 e. The molecule has 0 bridgehead atoms. The Kier molecular flexibility index (Phi) is 4.16. The third-order valence-corrected chi connectivity index (χ3v) is 3.61. The first-order valence-corrected chi connectivity index (χ1v) is 6.40. The van der Waals surface area contributed by atoms with Gasteiger partial charge in [-0.05, 0) is 12.8 Å². The molecule has 1 N–H and O–H groups in total. The van der Waals surface area contributed by atoms with E-state index in [-0.39, 0.29) is 5.92 Å². The number of hydrogen-bond donors (Lipinski definition) is 1. The van der Waals surface area contributed by atoms with E-state index in [1.807, 2.05) is 24.0 Å². The van der Waals surface area contributed by atoms with E-state index in [1.165, 1.54) is 12.8 Å². The molecule has 1 saturated carbocycles. The summed E-state index contributed by atoms with van der Waals surface area (Å²) in [6.45, 7) is 0.910. The molecule has 1 aliphatic rings. The third-order valence-electron chi connectivity index (χ3n) is 3.61. The summed E-state index contributed by atoms with van der Waals surface area (Å²) in [5, 5.41) is 12.6. The number of aromatic nitrogens is 2. The number of rotatable bonds is 4. The molecule has 4 nitrogen and oxygen atoms in total. The van der Waals surface area contributed by atoms with Gasteiger partial charge in [-0.3, -0.25) is 0 Å². The predicted molar refractivity (Wildman–Crippen MR) is 66.3 cm³/mol. The number of nitrogens with one attached hydrogen (secondary N) is 1.